The van der Waals surface area contributed by atoms with Gasteiger partial charge in [0.05, 0.1) is 0 Å². The third-order valence-electron chi connectivity index (χ3n) is 3.24. The summed E-state index contributed by atoms with van der Waals surface area (Å²) < 4.78 is 19.5. The molecule has 1 heterocycles. The topological polar surface area (TPSA) is 56.3 Å². The number of fused-ring (bicyclic) bond motifs is 1. The van der Waals surface area contributed by atoms with Crippen LogP contribution in [0.5, 0.6) is 11.5 Å². The maximum atomic E-state index is 5.39. The number of aromatic nitrogens is 2. The van der Waals surface area contributed by atoms with Crippen LogP contribution in [0.25, 0.3) is 11.0 Å². The van der Waals surface area contributed by atoms with Crippen molar-refractivity contribution in [1.29, 1.82) is 0 Å². The van der Waals surface area contributed by atoms with E-state index in [0.29, 0.717) is 6.54 Å². The summed E-state index contributed by atoms with van der Waals surface area (Å²) >= 11 is -0.0201. The predicted molar refractivity (Wildman–Crippen MR) is 83.4 cm³/mol. The summed E-state index contributed by atoms with van der Waals surface area (Å²) in [5.74, 6) is 1.65. The van der Waals surface area contributed by atoms with Crippen molar-refractivity contribution < 1.29 is 9.47 Å². The van der Waals surface area contributed by atoms with Gasteiger partial charge in [0.25, 0.3) is 0 Å². The molecule has 3 aromatic rings. The van der Waals surface area contributed by atoms with E-state index in [4.69, 9.17) is 9.47 Å². The fraction of sp³-hybridized carbons (Fsp3) is 0.200. The molecule has 1 aromatic heterocycles. The molecule has 0 aliphatic carbocycles. The van der Waals surface area contributed by atoms with Crippen LogP contribution in [0.1, 0.15) is 5.56 Å². The Hall–Kier alpha value is -2.04. The molecule has 0 fully saturated rings. The van der Waals surface area contributed by atoms with Gasteiger partial charge in [0.1, 0.15) is 0 Å². The molecule has 0 aliphatic rings. The molecular weight excluding hydrogens is 333 g/mol. The molecule has 0 amide bonds. The number of benzene rings is 2. The summed E-state index contributed by atoms with van der Waals surface area (Å²) in [6, 6.07) is 11.8. The molecule has 0 aliphatic heterocycles. The van der Waals surface area contributed by atoms with E-state index < -0.39 is 0 Å². The Balaban J connectivity index is 1.86. The van der Waals surface area contributed by atoms with E-state index in [1.165, 1.54) is 0 Å². The number of ether oxygens (including phenoxy) is 2. The van der Waals surface area contributed by atoms with Crippen molar-refractivity contribution in [2.45, 2.75) is 6.54 Å². The third-order valence-corrected chi connectivity index (χ3v) is 4.38. The molecule has 2 aromatic carbocycles. The number of anilines is 1. The molecule has 6 heteroatoms. The maximum absolute atomic E-state index is 5.39. The summed E-state index contributed by atoms with van der Waals surface area (Å²) in [4.78, 5) is 0. The van der Waals surface area contributed by atoms with Crippen molar-refractivity contribution in [2.75, 3.05) is 19.5 Å². The predicted octanol–water partition coefficient (Wildman–Crippen LogP) is 2.32. The Morgan fingerprint density at radius 2 is 2.00 bits per heavy atom. The standard InChI is InChI=1S/C15H15N3O2Se/c1-19-11-6-7-14(20-2)10(8-11)9-16-12-4-3-5-13-15(12)18-21-17-13/h3-8,16H,9H2,1-2H3. The number of methoxy groups -OCH3 is 2. The number of nitrogens with one attached hydrogen (secondary N) is 1. The molecule has 0 saturated carbocycles. The average molecular weight is 348 g/mol. The average Bonchev–Trinajstić information content (AvgIpc) is 3.01. The van der Waals surface area contributed by atoms with Crippen LogP contribution in [0, 0.1) is 0 Å². The molecule has 0 radical (unpaired) electrons. The van der Waals surface area contributed by atoms with Gasteiger partial charge < -0.3 is 0 Å². The summed E-state index contributed by atoms with van der Waals surface area (Å²) in [7, 11) is 3.33. The summed E-state index contributed by atoms with van der Waals surface area (Å²) in [5.41, 5.74) is 3.97. The quantitative estimate of drug-likeness (QED) is 0.717. The van der Waals surface area contributed by atoms with E-state index in [9.17, 15) is 0 Å². The van der Waals surface area contributed by atoms with Crippen molar-refractivity contribution >= 4 is 31.7 Å². The second-order valence-corrected chi connectivity index (χ2v) is 5.58. The van der Waals surface area contributed by atoms with Crippen molar-refractivity contribution in [3.8, 4) is 11.5 Å². The molecule has 1 N–H and O–H groups in total. The van der Waals surface area contributed by atoms with Crippen LogP contribution in [0.2, 0.25) is 0 Å². The van der Waals surface area contributed by atoms with Gasteiger partial charge >= 0.3 is 129 Å². The van der Waals surface area contributed by atoms with Gasteiger partial charge in [-0.05, 0) is 0 Å². The van der Waals surface area contributed by atoms with Gasteiger partial charge in [-0.3, -0.25) is 0 Å². The normalized spacial score (nSPS) is 10.6. The molecule has 0 spiro atoms. The first-order valence-electron chi connectivity index (χ1n) is 6.48. The van der Waals surface area contributed by atoms with Crippen molar-refractivity contribution in [3.63, 3.8) is 0 Å². The number of hydrogen-bond acceptors (Lipinski definition) is 5. The van der Waals surface area contributed by atoms with E-state index >= 15 is 0 Å². The van der Waals surface area contributed by atoms with Gasteiger partial charge in [-0.2, -0.15) is 0 Å². The zero-order valence-electron chi connectivity index (χ0n) is 11.8. The zero-order valence-corrected chi connectivity index (χ0v) is 13.5. The van der Waals surface area contributed by atoms with Gasteiger partial charge in [0.15, 0.2) is 0 Å². The minimum absolute atomic E-state index is 0.0201. The van der Waals surface area contributed by atoms with Crippen LogP contribution in [-0.4, -0.2) is 37.1 Å². The molecule has 108 valence electrons. The molecule has 0 bridgehead atoms. The molecule has 0 saturated heterocycles. The molecular formula is C15H15N3O2Se. The monoisotopic (exact) mass is 349 g/mol. The van der Waals surface area contributed by atoms with Crippen LogP contribution < -0.4 is 14.8 Å². The molecule has 21 heavy (non-hydrogen) atoms. The molecule has 5 nitrogen and oxygen atoms in total. The number of nitrogens with zero attached hydrogens (tertiary/aromatic N) is 2. The van der Waals surface area contributed by atoms with E-state index in [1.54, 1.807) is 14.2 Å². The minimum atomic E-state index is -0.0201. The Morgan fingerprint density at radius 1 is 1.10 bits per heavy atom. The van der Waals surface area contributed by atoms with Crippen LogP contribution >= 0.6 is 0 Å². The SMILES string of the molecule is COc1ccc(OC)c(CNc2cccc3n[se]nc23)c1. The molecule has 0 unspecified atom stereocenters. The van der Waals surface area contributed by atoms with Gasteiger partial charge in [-0.1, -0.05) is 0 Å². The Bertz CT molecular complexity index is 758. The van der Waals surface area contributed by atoms with Crippen LogP contribution in [0.3, 0.4) is 0 Å². The summed E-state index contributed by atoms with van der Waals surface area (Å²) in [5, 5.41) is 3.41. The second kappa shape index (κ2) is 6.16. The molecule has 3 rings (SSSR count). The zero-order chi connectivity index (χ0) is 14.7. The van der Waals surface area contributed by atoms with E-state index in [1.807, 2.05) is 36.4 Å². The van der Waals surface area contributed by atoms with Gasteiger partial charge in [-0.25, -0.2) is 0 Å². The van der Waals surface area contributed by atoms with E-state index in [0.717, 1.165) is 33.8 Å². The summed E-state index contributed by atoms with van der Waals surface area (Å²) in [6.07, 6.45) is 0. The van der Waals surface area contributed by atoms with Crippen molar-refractivity contribution in [3.05, 3.63) is 42.0 Å². The second-order valence-electron chi connectivity index (χ2n) is 4.47. The first-order chi connectivity index (χ1) is 10.3. The van der Waals surface area contributed by atoms with Crippen LogP contribution in [0.15, 0.2) is 36.4 Å². The van der Waals surface area contributed by atoms with Crippen LogP contribution in [0.4, 0.5) is 5.69 Å². The third kappa shape index (κ3) is 2.86. The number of hydrogen-bond donors (Lipinski definition) is 1. The van der Waals surface area contributed by atoms with E-state index in [-0.39, 0.29) is 15.0 Å². The Kier molecular flexibility index (Phi) is 4.08. The fourth-order valence-corrected chi connectivity index (χ4v) is 3.31. The van der Waals surface area contributed by atoms with Gasteiger partial charge in [-0.15, -0.1) is 0 Å². The van der Waals surface area contributed by atoms with Crippen molar-refractivity contribution in [2.24, 2.45) is 0 Å². The number of rotatable bonds is 5. The van der Waals surface area contributed by atoms with Crippen LogP contribution in [-0.2, 0) is 6.54 Å². The van der Waals surface area contributed by atoms with Gasteiger partial charge in [0, 0.05) is 0 Å². The van der Waals surface area contributed by atoms with Crippen molar-refractivity contribution in [1.82, 2.24) is 7.96 Å². The summed E-state index contributed by atoms with van der Waals surface area (Å²) in [6.45, 7) is 0.638. The Labute approximate surface area is 129 Å². The first-order valence-corrected chi connectivity index (χ1v) is 8.01. The van der Waals surface area contributed by atoms with E-state index in [2.05, 4.69) is 13.3 Å². The molecule has 0 atom stereocenters. The van der Waals surface area contributed by atoms with Gasteiger partial charge in [0.2, 0.25) is 0 Å². The fourth-order valence-electron chi connectivity index (χ4n) is 2.16. The Morgan fingerprint density at radius 3 is 2.81 bits per heavy atom. The first kappa shape index (κ1) is 13.9.